The summed E-state index contributed by atoms with van der Waals surface area (Å²) in [6.07, 6.45) is 0. The van der Waals surface area contributed by atoms with E-state index in [-0.39, 0.29) is 17.7 Å². The van der Waals surface area contributed by atoms with E-state index in [0.29, 0.717) is 11.4 Å². The highest BCUT2D eigenvalue weighted by Crippen LogP contribution is 2.34. The Morgan fingerprint density at radius 3 is 2.39 bits per heavy atom. The van der Waals surface area contributed by atoms with Gasteiger partial charge >= 0.3 is 12.0 Å². The Hall–Kier alpha value is -3.10. The summed E-state index contributed by atoms with van der Waals surface area (Å²) >= 11 is 0. The van der Waals surface area contributed by atoms with Gasteiger partial charge in [-0.25, -0.2) is 4.79 Å². The van der Waals surface area contributed by atoms with Crippen LogP contribution in [0.1, 0.15) is 27.7 Å². The molecule has 1 aliphatic rings. The van der Waals surface area contributed by atoms with Crippen molar-refractivity contribution in [2.45, 2.75) is 39.8 Å². The summed E-state index contributed by atoms with van der Waals surface area (Å²) in [4.78, 5) is 50.1. The van der Waals surface area contributed by atoms with Crippen molar-refractivity contribution in [2.75, 3.05) is 16.8 Å². The molecule has 1 heterocycles. The Morgan fingerprint density at radius 1 is 1.18 bits per heavy atom. The minimum Gasteiger partial charge on any atom is -0.480 e. The van der Waals surface area contributed by atoms with Crippen molar-refractivity contribution in [3.63, 3.8) is 0 Å². The van der Waals surface area contributed by atoms with Gasteiger partial charge in [0.05, 0.1) is 11.4 Å². The second-order valence-electron chi connectivity index (χ2n) is 7.35. The quantitative estimate of drug-likeness (QED) is 0.584. The summed E-state index contributed by atoms with van der Waals surface area (Å²) < 4.78 is 0. The van der Waals surface area contributed by atoms with Crippen LogP contribution in [0.25, 0.3) is 0 Å². The number of rotatable bonds is 6. The first-order chi connectivity index (χ1) is 13.1. The van der Waals surface area contributed by atoms with Crippen molar-refractivity contribution >= 4 is 35.2 Å². The van der Waals surface area contributed by atoms with Gasteiger partial charge in [0.15, 0.2) is 0 Å². The van der Waals surface area contributed by atoms with Crippen LogP contribution in [0.5, 0.6) is 0 Å². The molecular formula is C19H26N4O5. The summed E-state index contributed by atoms with van der Waals surface area (Å²) in [6, 6.07) is 4.64. The van der Waals surface area contributed by atoms with Crippen molar-refractivity contribution in [3.8, 4) is 0 Å². The predicted octanol–water partition coefficient (Wildman–Crippen LogP) is 1.40. The molecule has 0 unspecified atom stereocenters. The number of carbonyl (C=O) groups is 4. The molecule has 2 rings (SSSR count). The molecule has 1 aromatic rings. The second-order valence-corrected chi connectivity index (χ2v) is 7.35. The molecule has 0 radical (unpaired) electrons. The number of carboxylic acids is 1. The molecule has 0 aromatic heterocycles. The average Bonchev–Trinajstić information content (AvgIpc) is 2.62. The van der Waals surface area contributed by atoms with Crippen molar-refractivity contribution in [2.24, 2.45) is 11.8 Å². The topological polar surface area (TPSA) is 128 Å². The van der Waals surface area contributed by atoms with Crippen LogP contribution in [-0.4, -0.2) is 47.5 Å². The fourth-order valence-electron chi connectivity index (χ4n) is 3.11. The Morgan fingerprint density at radius 2 is 1.82 bits per heavy atom. The number of benzene rings is 1. The molecule has 0 saturated heterocycles. The number of urea groups is 1. The van der Waals surface area contributed by atoms with E-state index in [1.807, 2.05) is 13.8 Å². The highest BCUT2D eigenvalue weighted by Gasteiger charge is 2.40. The molecule has 9 nitrogen and oxygen atoms in total. The zero-order valence-electron chi connectivity index (χ0n) is 16.4. The number of hydrogen-bond donors (Lipinski definition) is 4. The lowest BCUT2D eigenvalue weighted by atomic mass is 9.97. The van der Waals surface area contributed by atoms with Crippen LogP contribution >= 0.6 is 0 Å². The molecular weight excluding hydrogens is 364 g/mol. The number of carboxylic acid groups (broad SMARTS) is 1. The fourth-order valence-corrected chi connectivity index (χ4v) is 3.11. The number of aliphatic carboxylic acids is 1. The molecule has 28 heavy (non-hydrogen) atoms. The first-order valence-electron chi connectivity index (χ1n) is 9.12. The van der Waals surface area contributed by atoms with E-state index in [9.17, 15) is 19.2 Å². The lowest BCUT2D eigenvalue weighted by Crippen LogP contribution is -2.60. The predicted molar refractivity (Wildman–Crippen MR) is 104 cm³/mol. The Kier molecular flexibility index (Phi) is 6.61. The SMILES string of the molecule is CC(C)[C@H]1C(=O)Nc2ccccc2N1C(=O)N[C@@H](C(=O)NCC(=O)O)C(C)C. The lowest BCUT2D eigenvalue weighted by Gasteiger charge is -2.39. The summed E-state index contributed by atoms with van der Waals surface area (Å²) in [5.41, 5.74) is 1.04. The van der Waals surface area contributed by atoms with Gasteiger partial charge in [0.1, 0.15) is 18.6 Å². The third-order valence-corrected chi connectivity index (χ3v) is 4.46. The van der Waals surface area contributed by atoms with Gasteiger partial charge in [0.25, 0.3) is 0 Å². The van der Waals surface area contributed by atoms with Crippen LogP contribution in [-0.2, 0) is 14.4 Å². The number of nitrogens with zero attached hydrogens (tertiary/aromatic N) is 1. The summed E-state index contributed by atoms with van der Waals surface area (Å²) in [7, 11) is 0. The normalized spacial score (nSPS) is 17.0. The van der Waals surface area contributed by atoms with Gasteiger partial charge in [-0.05, 0) is 24.0 Å². The molecule has 0 fully saturated rings. The summed E-state index contributed by atoms with van der Waals surface area (Å²) in [5, 5.41) is 16.5. The maximum atomic E-state index is 13.1. The van der Waals surface area contributed by atoms with Gasteiger partial charge in [-0.2, -0.15) is 0 Å². The highest BCUT2D eigenvalue weighted by molar-refractivity contribution is 6.12. The third-order valence-electron chi connectivity index (χ3n) is 4.46. The average molecular weight is 390 g/mol. The Balaban J connectivity index is 2.31. The van der Waals surface area contributed by atoms with Gasteiger partial charge < -0.3 is 21.1 Å². The summed E-state index contributed by atoms with van der Waals surface area (Å²) in [6.45, 7) is 6.60. The monoisotopic (exact) mass is 390 g/mol. The van der Waals surface area contributed by atoms with Crippen LogP contribution < -0.4 is 20.9 Å². The van der Waals surface area contributed by atoms with Gasteiger partial charge in [-0.1, -0.05) is 39.8 Å². The molecule has 9 heteroatoms. The van der Waals surface area contributed by atoms with Crippen LogP contribution in [0.4, 0.5) is 16.2 Å². The van der Waals surface area contributed by atoms with Gasteiger partial charge in [0, 0.05) is 0 Å². The first-order valence-corrected chi connectivity index (χ1v) is 9.12. The van der Waals surface area contributed by atoms with Crippen LogP contribution in [0.2, 0.25) is 0 Å². The molecule has 0 saturated carbocycles. The van der Waals surface area contributed by atoms with Crippen molar-refractivity contribution in [3.05, 3.63) is 24.3 Å². The lowest BCUT2D eigenvalue weighted by molar-refractivity contribution is -0.138. The Labute approximate surface area is 163 Å². The van der Waals surface area contributed by atoms with Crippen molar-refractivity contribution in [1.29, 1.82) is 0 Å². The van der Waals surface area contributed by atoms with E-state index >= 15 is 0 Å². The molecule has 0 aliphatic carbocycles. The molecule has 0 spiro atoms. The number of nitrogens with one attached hydrogen (secondary N) is 3. The minimum absolute atomic E-state index is 0.169. The zero-order chi connectivity index (χ0) is 21.0. The number of anilines is 2. The number of amides is 4. The number of para-hydroxylation sites is 2. The van der Waals surface area contributed by atoms with E-state index < -0.39 is 36.5 Å². The number of fused-ring (bicyclic) bond motifs is 1. The second kappa shape index (κ2) is 8.73. The first kappa shape index (κ1) is 21.2. The maximum absolute atomic E-state index is 13.1. The van der Waals surface area contributed by atoms with E-state index in [1.165, 1.54) is 4.90 Å². The molecule has 4 amide bonds. The highest BCUT2D eigenvalue weighted by atomic mass is 16.4. The zero-order valence-corrected chi connectivity index (χ0v) is 16.4. The Bertz CT molecular complexity index is 777. The fraction of sp³-hybridized carbons (Fsp3) is 0.474. The molecule has 4 N–H and O–H groups in total. The molecule has 1 aromatic carbocycles. The summed E-state index contributed by atoms with van der Waals surface area (Å²) in [5.74, 6) is -2.54. The van der Waals surface area contributed by atoms with Gasteiger partial charge in [0.2, 0.25) is 11.8 Å². The van der Waals surface area contributed by atoms with Gasteiger partial charge in [-0.3, -0.25) is 19.3 Å². The van der Waals surface area contributed by atoms with Crippen LogP contribution in [0.3, 0.4) is 0 Å². The molecule has 2 atom stereocenters. The van der Waals surface area contributed by atoms with Crippen LogP contribution in [0, 0.1) is 11.8 Å². The number of hydrogen-bond acceptors (Lipinski definition) is 4. The molecule has 1 aliphatic heterocycles. The molecule has 0 bridgehead atoms. The van der Waals surface area contributed by atoms with Crippen molar-refractivity contribution in [1.82, 2.24) is 10.6 Å². The van der Waals surface area contributed by atoms with Gasteiger partial charge in [-0.15, -0.1) is 0 Å². The van der Waals surface area contributed by atoms with E-state index in [4.69, 9.17) is 5.11 Å². The van der Waals surface area contributed by atoms with E-state index in [2.05, 4.69) is 16.0 Å². The largest absolute Gasteiger partial charge is 0.480 e. The molecule has 152 valence electrons. The smallest absolute Gasteiger partial charge is 0.323 e. The third kappa shape index (κ3) is 4.59. The van der Waals surface area contributed by atoms with E-state index in [0.717, 1.165) is 0 Å². The van der Waals surface area contributed by atoms with Crippen LogP contribution in [0.15, 0.2) is 24.3 Å². The minimum atomic E-state index is -1.18. The van der Waals surface area contributed by atoms with Crippen molar-refractivity contribution < 1.29 is 24.3 Å². The maximum Gasteiger partial charge on any atom is 0.323 e. The number of carbonyl (C=O) groups excluding carboxylic acids is 3. The van der Waals surface area contributed by atoms with E-state index in [1.54, 1.807) is 38.1 Å². The standard InChI is InChI=1S/C19H26N4O5/c1-10(2)15(17(26)20-9-14(24)25)22-19(28)23-13-8-6-5-7-12(13)21-18(27)16(23)11(3)4/h5-8,10-11,15-16H,9H2,1-4H3,(H,20,26)(H,21,27)(H,22,28)(H,24,25)/t15-,16+/m1/s1.